The van der Waals surface area contributed by atoms with Crippen molar-refractivity contribution in [1.82, 2.24) is 5.32 Å². The molecule has 100 valence electrons. The number of hydrogen-bond donors (Lipinski definition) is 1. The fourth-order valence-corrected chi connectivity index (χ4v) is 2.18. The highest BCUT2D eigenvalue weighted by molar-refractivity contribution is 7.98. The molecular formula is C13H18ClNO2S. The summed E-state index contributed by atoms with van der Waals surface area (Å²) >= 11 is 7.61. The van der Waals surface area contributed by atoms with Crippen LogP contribution in [0.4, 0.5) is 0 Å². The SMILES string of the molecule is COC(CCSC)CNC(=O)c1cccc(Cl)c1. The van der Waals surface area contributed by atoms with E-state index in [-0.39, 0.29) is 12.0 Å². The maximum Gasteiger partial charge on any atom is 0.251 e. The summed E-state index contributed by atoms with van der Waals surface area (Å²) in [5.41, 5.74) is 0.571. The monoisotopic (exact) mass is 287 g/mol. The molecule has 0 aliphatic carbocycles. The van der Waals surface area contributed by atoms with Gasteiger partial charge in [0.2, 0.25) is 0 Å². The summed E-state index contributed by atoms with van der Waals surface area (Å²) in [6.45, 7) is 0.516. The Kier molecular flexibility index (Phi) is 7.16. The predicted octanol–water partition coefficient (Wildman–Crippen LogP) is 2.84. The van der Waals surface area contributed by atoms with Gasteiger partial charge in [-0.15, -0.1) is 0 Å². The van der Waals surface area contributed by atoms with Crippen molar-refractivity contribution in [2.24, 2.45) is 0 Å². The van der Waals surface area contributed by atoms with Crippen LogP contribution in [0.5, 0.6) is 0 Å². The number of methoxy groups -OCH3 is 1. The van der Waals surface area contributed by atoms with E-state index in [2.05, 4.69) is 11.6 Å². The van der Waals surface area contributed by atoms with Crippen molar-refractivity contribution in [2.45, 2.75) is 12.5 Å². The third-order valence-corrected chi connectivity index (χ3v) is 3.43. The number of hydrogen-bond acceptors (Lipinski definition) is 3. The molecule has 5 heteroatoms. The lowest BCUT2D eigenvalue weighted by molar-refractivity contribution is 0.0819. The zero-order valence-electron chi connectivity index (χ0n) is 10.6. The Balaban J connectivity index is 2.44. The first-order chi connectivity index (χ1) is 8.67. The average molecular weight is 288 g/mol. The van der Waals surface area contributed by atoms with Crippen molar-refractivity contribution in [3.8, 4) is 0 Å². The van der Waals surface area contributed by atoms with Gasteiger partial charge in [0.1, 0.15) is 0 Å². The molecule has 1 N–H and O–H groups in total. The second kappa shape index (κ2) is 8.40. The van der Waals surface area contributed by atoms with Gasteiger partial charge < -0.3 is 10.1 Å². The molecule has 1 aromatic rings. The molecule has 0 spiro atoms. The molecule has 1 amide bonds. The van der Waals surface area contributed by atoms with E-state index in [9.17, 15) is 4.79 Å². The number of ether oxygens (including phenoxy) is 1. The van der Waals surface area contributed by atoms with Crippen LogP contribution in [-0.2, 0) is 4.74 Å². The molecular weight excluding hydrogens is 270 g/mol. The van der Waals surface area contributed by atoms with Gasteiger partial charge in [-0.2, -0.15) is 11.8 Å². The Labute approximate surface area is 117 Å². The zero-order valence-corrected chi connectivity index (χ0v) is 12.2. The third kappa shape index (κ3) is 5.29. The summed E-state index contributed by atoms with van der Waals surface area (Å²) in [6.07, 6.45) is 3.03. The second-order valence-electron chi connectivity index (χ2n) is 3.86. The van der Waals surface area contributed by atoms with Gasteiger partial charge >= 0.3 is 0 Å². The van der Waals surface area contributed by atoms with E-state index < -0.39 is 0 Å². The Morgan fingerprint density at radius 1 is 1.56 bits per heavy atom. The Bertz CT molecular complexity index is 387. The molecule has 0 aliphatic heterocycles. The number of nitrogens with one attached hydrogen (secondary N) is 1. The fraction of sp³-hybridized carbons (Fsp3) is 0.462. The standard InChI is InChI=1S/C13H18ClNO2S/c1-17-12(6-7-18-2)9-15-13(16)10-4-3-5-11(14)8-10/h3-5,8,12H,6-7,9H2,1-2H3,(H,15,16). The van der Waals surface area contributed by atoms with Crippen LogP contribution >= 0.6 is 23.4 Å². The first-order valence-electron chi connectivity index (χ1n) is 5.73. The van der Waals surface area contributed by atoms with Crippen LogP contribution in [0.1, 0.15) is 16.8 Å². The minimum Gasteiger partial charge on any atom is -0.380 e. The molecule has 0 radical (unpaired) electrons. The van der Waals surface area contributed by atoms with Crippen LogP contribution in [-0.4, -0.2) is 37.7 Å². The van der Waals surface area contributed by atoms with Crippen LogP contribution in [0, 0.1) is 0 Å². The van der Waals surface area contributed by atoms with Crippen molar-refractivity contribution >= 4 is 29.3 Å². The van der Waals surface area contributed by atoms with E-state index in [0.717, 1.165) is 12.2 Å². The van der Waals surface area contributed by atoms with Crippen LogP contribution in [0.15, 0.2) is 24.3 Å². The molecule has 1 rings (SSSR count). The minimum absolute atomic E-state index is 0.0561. The normalized spacial score (nSPS) is 12.2. The predicted molar refractivity (Wildman–Crippen MR) is 77.6 cm³/mol. The van der Waals surface area contributed by atoms with Gasteiger partial charge in [-0.1, -0.05) is 17.7 Å². The van der Waals surface area contributed by atoms with Gasteiger partial charge in [-0.3, -0.25) is 4.79 Å². The molecule has 0 saturated heterocycles. The Morgan fingerprint density at radius 2 is 2.33 bits per heavy atom. The third-order valence-electron chi connectivity index (χ3n) is 2.55. The van der Waals surface area contributed by atoms with Gasteiger partial charge in [-0.25, -0.2) is 0 Å². The molecule has 18 heavy (non-hydrogen) atoms. The molecule has 1 unspecified atom stereocenters. The van der Waals surface area contributed by atoms with Crippen LogP contribution in [0.2, 0.25) is 5.02 Å². The first kappa shape index (κ1) is 15.3. The first-order valence-corrected chi connectivity index (χ1v) is 7.50. The molecule has 0 aromatic heterocycles. The average Bonchev–Trinajstić information content (AvgIpc) is 2.38. The van der Waals surface area contributed by atoms with E-state index in [4.69, 9.17) is 16.3 Å². The van der Waals surface area contributed by atoms with Gasteiger partial charge in [0.25, 0.3) is 5.91 Å². The van der Waals surface area contributed by atoms with Gasteiger partial charge in [0, 0.05) is 24.2 Å². The highest BCUT2D eigenvalue weighted by Crippen LogP contribution is 2.10. The summed E-state index contributed by atoms with van der Waals surface area (Å²) < 4.78 is 5.31. The summed E-state index contributed by atoms with van der Waals surface area (Å²) in [5.74, 6) is 0.898. The van der Waals surface area contributed by atoms with Crippen molar-refractivity contribution in [1.29, 1.82) is 0 Å². The maximum atomic E-state index is 11.9. The van der Waals surface area contributed by atoms with E-state index >= 15 is 0 Å². The summed E-state index contributed by atoms with van der Waals surface area (Å²) in [4.78, 5) is 11.9. The van der Waals surface area contributed by atoms with Gasteiger partial charge in [0.15, 0.2) is 0 Å². The Hall–Kier alpha value is -0.710. The Morgan fingerprint density at radius 3 is 2.94 bits per heavy atom. The minimum atomic E-state index is -0.122. The zero-order chi connectivity index (χ0) is 13.4. The summed E-state index contributed by atoms with van der Waals surface area (Å²) in [7, 11) is 1.66. The van der Waals surface area contributed by atoms with E-state index in [1.54, 1.807) is 43.1 Å². The molecule has 0 bridgehead atoms. The fourth-order valence-electron chi connectivity index (χ4n) is 1.49. The van der Waals surface area contributed by atoms with E-state index in [0.29, 0.717) is 17.1 Å². The molecule has 1 atom stereocenters. The second-order valence-corrected chi connectivity index (χ2v) is 5.28. The lowest BCUT2D eigenvalue weighted by Crippen LogP contribution is -2.33. The van der Waals surface area contributed by atoms with Crippen LogP contribution < -0.4 is 5.32 Å². The van der Waals surface area contributed by atoms with Crippen molar-refractivity contribution in [2.75, 3.05) is 25.7 Å². The van der Waals surface area contributed by atoms with Crippen molar-refractivity contribution in [3.63, 3.8) is 0 Å². The lowest BCUT2D eigenvalue weighted by atomic mass is 10.2. The largest absolute Gasteiger partial charge is 0.380 e. The topological polar surface area (TPSA) is 38.3 Å². The smallest absolute Gasteiger partial charge is 0.251 e. The number of carbonyl (C=O) groups is 1. The highest BCUT2D eigenvalue weighted by atomic mass is 35.5. The molecule has 0 saturated carbocycles. The van der Waals surface area contributed by atoms with Gasteiger partial charge in [-0.05, 0) is 36.6 Å². The number of carbonyl (C=O) groups excluding carboxylic acids is 1. The van der Waals surface area contributed by atoms with E-state index in [1.165, 1.54) is 0 Å². The number of thioether (sulfide) groups is 1. The summed E-state index contributed by atoms with van der Waals surface area (Å²) in [5, 5.41) is 3.42. The van der Waals surface area contributed by atoms with E-state index in [1.807, 2.05) is 0 Å². The molecule has 1 aromatic carbocycles. The maximum absolute atomic E-state index is 11.9. The summed E-state index contributed by atoms with van der Waals surface area (Å²) in [6, 6.07) is 6.90. The number of amides is 1. The van der Waals surface area contributed by atoms with Gasteiger partial charge in [0.05, 0.1) is 6.10 Å². The van der Waals surface area contributed by atoms with Crippen molar-refractivity contribution < 1.29 is 9.53 Å². The van der Waals surface area contributed by atoms with Crippen molar-refractivity contribution in [3.05, 3.63) is 34.9 Å². The number of halogens is 1. The lowest BCUT2D eigenvalue weighted by Gasteiger charge is -2.15. The molecule has 3 nitrogen and oxygen atoms in total. The quantitative estimate of drug-likeness (QED) is 0.838. The number of benzene rings is 1. The molecule has 0 fully saturated rings. The molecule has 0 aliphatic rings. The van der Waals surface area contributed by atoms with Crippen LogP contribution in [0.3, 0.4) is 0 Å². The molecule has 0 heterocycles. The van der Waals surface area contributed by atoms with Crippen LogP contribution in [0.25, 0.3) is 0 Å². The number of rotatable bonds is 7. The highest BCUT2D eigenvalue weighted by Gasteiger charge is 2.10.